The van der Waals surface area contributed by atoms with Gasteiger partial charge in [-0.05, 0) is 19.4 Å². The highest BCUT2D eigenvalue weighted by molar-refractivity contribution is 5.91. The van der Waals surface area contributed by atoms with E-state index >= 15 is 0 Å². The van der Waals surface area contributed by atoms with Crippen LogP contribution in [0.15, 0.2) is 23.8 Å². The van der Waals surface area contributed by atoms with E-state index in [4.69, 9.17) is 0 Å². The molecule has 0 aliphatic heterocycles. The summed E-state index contributed by atoms with van der Waals surface area (Å²) in [7, 11) is 0. The molecule has 9 heavy (non-hydrogen) atoms. The second kappa shape index (κ2) is 2.62. The van der Waals surface area contributed by atoms with Crippen molar-refractivity contribution in [3.8, 4) is 0 Å². The Morgan fingerprint density at radius 3 is 2.67 bits per heavy atom. The molecule has 0 heterocycles. The van der Waals surface area contributed by atoms with E-state index in [1.807, 2.05) is 19.1 Å². The minimum absolute atomic E-state index is 0.251. The smallest absolute Gasteiger partial charge is 0.156 e. The fourth-order valence-corrected chi connectivity index (χ4v) is 0.875. The molecule has 0 saturated carbocycles. The first kappa shape index (κ1) is 6.27. The number of carbonyl (C=O) groups excluding carboxylic acids is 1. The minimum Gasteiger partial charge on any atom is -0.295 e. The molecule has 0 aromatic rings. The Bertz CT molecular complexity index is 175. The summed E-state index contributed by atoms with van der Waals surface area (Å²) < 4.78 is 0. The summed E-state index contributed by atoms with van der Waals surface area (Å²) in [6.07, 6.45) is 7.20. The van der Waals surface area contributed by atoms with Crippen molar-refractivity contribution < 1.29 is 4.79 Å². The summed E-state index contributed by atoms with van der Waals surface area (Å²) in [6, 6.07) is 0. The van der Waals surface area contributed by atoms with Gasteiger partial charge >= 0.3 is 0 Å². The van der Waals surface area contributed by atoms with E-state index in [1.165, 1.54) is 5.57 Å². The lowest BCUT2D eigenvalue weighted by atomic mass is 10.0. The third kappa shape index (κ3) is 1.53. The monoisotopic (exact) mass is 122 g/mol. The van der Waals surface area contributed by atoms with Gasteiger partial charge in [-0.3, -0.25) is 4.79 Å². The van der Waals surface area contributed by atoms with Gasteiger partial charge in [0, 0.05) is 6.42 Å². The standard InChI is InChI=1S/C8H10O/c1-2-7-3-5-8(9)6-4-7/h2-3,5H,4,6H2,1H3. The summed E-state index contributed by atoms with van der Waals surface area (Å²) in [5.41, 5.74) is 1.27. The Balaban J connectivity index is 2.69. The van der Waals surface area contributed by atoms with Crippen molar-refractivity contribution in [2.45, 2.75) is 19.8 Å². The van der Waals surface area contributed by atoms with Crippen LogP contribution in [0.2, 0.25) is 0 Å². The molecule has 0 amide bonds. The molecule has 0 saturated heterocycles. The average Bonchev–Trinajstić information content (AvgIpc) is 1.90. The fourth-order valence-electron chi connectivity index (χ4n) is 0.875. The molecule has 0 bridgehead atoms. The van der Waals surface area contributed by atoms with Crippen molar-refractivity contribution in [2.24, 2.45) is 0 Å². The number of rotatable bonds is 0. The third-order valence-electron chi connectivity index (χ3n) is 1.51. The van der Waals surface area contributed by atoms with Crippen LogP contribution < -0.4 is 0 Å². The quantitative estimate of drug-likeness (QED) is 0.479. The molecule has 0 unspecified atom stereocenters. The summed E-state index contributed by atoms with van der Waals surface area (Å²) in [4.78, 5) is 10.6. The maximum absolute atomic E-state index is 10.6. The van der Waals surface area contributed by atoms with E-state index in [0.717, 1.165) is 6.42 Å². The van der Waals surface area contributed by atoms with Gasteiger partial charge in [0.1, 0.15) is 0 Å². The second-order valence-electron chi connectivity index (χ2n) is 2.16. The Kier molecular flexibility index (Phi) is 1.83. The van der Waals surface area contributed by atoms with Gasteiger partial charge in [0.2, 0.25) is 0 Å². The van der Waals surface area contributed by atoms with Crippen LogP contribution in [0.4, 0.5) is 0 Å². The summed E-state index contributed by atoms with van der Waals surface area (Å²) >= 11 is 0. The maximum Gasteiger partial charge on any atom is 0.156 e. The van der Waals surface area contributed by atoms with Crippen molar-refractivity contribution in [3.63, 3.8) is 0 Å². The van der Waals surface area contributed by atoms with Crippen LogP contribution in [-0.2, 0) is 4.79 Å². The van der Waals surface area contributed by atoms with Gasteiger partial charge in [-0.2, -0.15) is 0 Å². The lowest BCUT2D eigenvalue weighted by Gasteiger charge is -2.03. The SMILES string of the molecule is CC=C1C=CC(=O)CC1. The lowest BCUT2D eigenvalue weighted by molar-refractivity contribution is -0.114. The van der Waals surface area contributed by atoms with Crippen molar-refractivity contribution in [1.82, 2.24) is 0 Å². The van der Waals surface area contributed by atoms with E-state index < -0.39 is 0 Å². The Labute approximate surface area is 55.1 Å². The van der Waals surface area contributed by atoms with Gasteiger partial charge in [-0.15, -0.1) is 0 Å². The number of hydrogen-bond acceptors (Lipinski definition) is 1. The molecule has 1 heteroatoms. The molecule has 0 aromatic heterocycles. The van der Waals surface area contributed by atoms with Crippen LogP contribution in [0.3, 0.4) is 0 Å². The molecular formula is C8H10O. The van der Waals surface area contributed by atoms with Gasteiger partial charge in [-0.25, -0.2) is 0 Å². The first-order valence-electron chi connectivity index (χ1n) is 3.19. The van der Waals surface area contributed by atoms with Crippen LogP contribution in [0.5, 0.6) is 0 Å². The Morgan fingerprint density at radius 1 is 1.44 bits per heavy atom. The van der Waals surface area contributed by atoms with Crippen molar-refractivity contribution in [2.75, 3.05) is 0 Å². The van der Waals surface area contributed by atoms with E-state index in [1.54, 1.807) is 6.08 Å². The summed E-state index contributed by atoms with van der Waals surface area (Å²) in [6.45, 7) is 2.00. The first-order chi connectivity index (χ1) is 4.33. The molecule has 0 atom stereocenters. The van der Waals surface area contributed by atoms with Gasteiger partial charge in [0.25, 0.3) is 0 Å². The second-order valence-corrected chi connectivity index (χ2v) is 2.16. The van der Waals surface area contributed by atoms with Crippen molar-refractivity contribution in [3.05, 3.63) is 23.8 Å². The minimum atomic E-state index is 0.251. The lowest BCUT2D eigenvalue weighted by Crippen LogP contribution is -1.98. The van der Waals surface area contributed by atoms with Crippen LogP contribution in [0, 0.1) is 0 Å². The fraction of sp³-hybridized carbons (Fsp3) is 0.375. The van der Waals surface area contributed by atoms with Crippen molar-refractivity contribution >= 4 is 5.78 Å². The Morgan fingerprint density at radius 2 is 2.22 bits per heavy atom. The topological polar surface area (TPSA) is 17.1 Å². The molecule has 48 valence electrons. The molecule has 0 fully saturated rings. The summed E-state index contributed by atoms with van der Waals surface area (Å²) in [5.74, 6) is 0.251. The molecular weight excluding hydrogens is 112 g/mol. The number of ketones is 1. The summed E-state index contributed by atoms with van der Waals surface area (Å²) in [5, 5.41) is 0. The average molecular weight is 122 g/mol. The molecule has 0 N–H and O–H groups in total. The predicted octanol–water partition coefficient (Wildman–Crippen LogP) is 1.85. The highest BCUT2D eigenvalue weighted by Crippen LogP contribution is 2.12. The van der Waals surface area contributed by atoms with Gasteiger partial charge in [-0.1, -0.05) is 17.7 Å². The highest BCUT2D eigenvalue weighted by atomic mass is 16.1. The number of allylic oxidation sites excluding steroid dienone is 4. The van der Waals surface area contributed by atoms with Gasteiger partial charge in [0.15, 0.2) is 5.78 Å². The first-order valence-corrected chi connectivity index (χ1v) is 3.19. The molecule has 0 aromatic carbocycles. The van der Waals surface area contributed by atoms with Gasteiger partial charge < -0.3 is 0 Å². The zero-order chi connectivity index (χ0) is 6.69. The normalized spacial score (nSPS) is 23.2. The van der Waals surface area contributed by atoms with Crippen molar-refractivity contribution in [1.29, 1.82) is 0 Å². The van der Waals surface area contributed by atoms with Crippen LogP contribution >= 0.6 is 0 Å². The molecule has 1 rings (SSSR count). The largest absolute Gasteiger partial charge is 0.295 e. The van der Waals surface area contributed by atoms with E-state index in [-0.39, 0.29) is 5.78 Å². The zero-order valence-corrected chi connectivity index (χ0v) is 5.55. The highest BCUT2D eigenvalue weighted by Gasteiger charge is 2.03. The zero-order valence-electron chi connectivity index (χ0n) is 5.55. The van der Waals surface area contributed by atoms with Crippen LogP contribution in [-0.4, -0.2) is 5.78 Å². The molecule has 1 aliphatic rings. The number of carbonyl (C=O) groups is 1. The van der Waals surface area contributed by atoms with E-state index in [0.29, 0.717) is 6.42 Å². The van der Waals surface area contributed by atoms with Crippen LogP contribution in [0.1, 0.15) is 19.8 Å². The maximum atomic E-state index is 10.6. The van der Waals surface area contributed by atoms with Crippen LogP contribution in [0.25, 0.3) is 0 Å². The molecule has 1 nitrogen and oxygen atoms in total. The Hall–Kier alpha value is -0.850. The van der Waals surface area contributed by atoms with Gasteiger partial charge in [0.05, 0.1) is 0 Å². The molecule has 0 spiro atoms. The van der Waals surface area contributed by atoms with E-state index in [2.05, 4.69) is 0 Å². The number of hydrogen-bond donors (Lipinski definition) is 0. The van der Waals surface area contributed by atoms with E-state index in [9.17, 15) is 4.79 Å². The molecule has 0 radical (unpaired) electrons. The third-order valence-corrected chi connectivity index (χ3v) is 1.51. The predicted molar refractivity (Wildman–Crippen MR) is 37.1 cm³/mol. The molecule has 1 aliphatic carbocycles.